The Morgan fingerprint density at radius 3 is 2.86 bits per heavy atom. The molecule has 1 N–H and O–H groups in total. The monoisotopic (exact) mass is 307 g/mol. The summed E-state index contributed by atoms with van der Waals surface area (Å²) in [6, 6.07) is 5.71. The Balaban J connectivity index is 2.39. The fourth-order valence-corrected chi connectivity index (χ4v) is 2.60. The van der Waals surface area contributed by atoms with Crippen LogP contribution in [0.1, 0.15) is 37.4 Å². The number of hydrogen-bond donors (Lipinski definition) is 1. The summed E-state index contributed by atoms with van der Waals surface area (Å²) in [5, 5.41) is 8.60. The Morgan fingerprint density at radius 1 is 1.38 bits per heavy atom. The highest BCUT2D eigenvalue weighted by Gasteiger charge is 2.19. The molecule has 5 heteroatoms. The predicted octanol–water partition coefficient (Wildman–Crippen LogP) is 3.65. The predicted molar refractivity (Wildman–Crippen MR) is 86.0 cm³/mol. The number of nitrogens with one attached hydrogen (secondary N) is 1. The third kappa shape index (κ3) is 3.77. The van der Waals surface area contributed by atoms with Crippen LogP contribution in [0.2, 0.25) is 5.02 Å². The normalized spacial score (nSPS) is 12.4. The highest BCUT2D eigenvalue weighted by molar-refractivity contribution is 6.30. The molecule has 0 saturated carbocycles. The summed E-state index contributed by atoms with van der Waals surface area (Å²) in [6.45, 7) is 5.99. The Hall–Kier alpha value is -1.52. The zero-order valence-electron chi connectivity index (χ0n) is 12.8. The van der Waals surface area contributed by atoms with Crippen molar-refractivity contribution in [3.05, 3.63) is 46.7 Å². The van der Waals surface area contributed by atoms with E-state index in [0.29, 0.717) is 5.02 Å². The minimum Gasteiger partial charge on any atom is -0.496 e. The molecule has 1 heterocycles. The Labute approximate surface area is 131 Å². The van der Waals surface area contributed by atoms with Gasteiger partial charge < -0.3 is 10.1 Å². The highest BCUT2D eigenvalue weighted by Crippen LogP contribution is 2.32. The third-order valence-corrected chi connectivity index (χ3v) is 3.59. The molecule has 1 aromatic carbocycles. The van der Waals surface area contributed by atoms with Crippen molar-refractivity contribution in [1.29, 1.82) is 0 Å². The van der Waals surface area contributed by atoms with Crippen LogP contribution in [0, 0.1) is 0 Å². The molecule has 0 aliphatic heterocycles. The van der Waals surface area contributed by atoms with Gasteiger partial charge in [-0.1, -0.05) is 25.4 Å². The summed E-state index contributed by atoms with van der Waals surface area (Å²) in [5.74, 6) is 0.827. The van der Waals surface area contributed by atoms with Crippen molar-refractivity contribution in [3.8, 4) is 5.75 Å². The Morgan fingerprint density at radius 2 is 2.19 bits per heavy atom. The van der Waals surface area contributed by atoms with Gasteiger partial charge in [0.1, 0.15) is 5.75 Å². The van der Waals surface area contributed by atoms with Gasteiger partial charge in [0.15, 0.2) is 0 Å². The second kappa shape index (κ2) is 7.48. The SMILES string of the molecule is CCCn1cc(C(NCC)c2cc(Cl)ccc2OC)cn1. The van der Waals surface area contributed by atoms with E-state index >= 15 is 0 Å². The van der Waals surface area contributed by atoms with E-state index in [4.69, 9.17) is 16.3 Å². The van der Waals surface area contributed by atoms with Gasteiger partial charge in [-0.3, -0.25) is 4.68 Å². The van der Waals surface area contributed by atoms with Crippen LogP contribution in [0.15, 0.2) is 30.6 Å². The van der Waals surface area contributed by atoms with Crippen molar-refractivity contribution >= 4 is 11.6 Å². The van der Waals surface area contributed by atoms with E-state index in [0.717, 1.165) is 36.4 Å². The summed E-state index contributed by atoms with van der Waals surface area (Å²) in [4.78, 5) is 0. The number of methoxy groups -OCH3 is 1. The van der Waals surface area contributed by atoms with Crippen LogP contribution in [0.4, 0.5) is 0 Å². The zero-order chi connectivity index (χ0) is 15.2. The lowest BCUT2D eigenvalue weighted by Crippen LogP contribution is -2.22. The lowest BCUT2D eigenvalue weighted by Gasteiger charge is -2.20. The number of halogens is 1. The van der Waals surface area contributed by atoms with E-state index in [1.165, 1.54) is 0 Å². The maximum Gasteiger partial charge on any atom is 0.124 e. The summed E-state index contributed by atoms with van der Waals surface area (Å²) in [5.41, 5.74) is 2.15. The van der Waals surface area contributed by atoms with Crippen molar-refractivity contribution in [3.63, 3.8) is 0 Å². The Kier molecular flexibility index (Phi) is 5.65. The topological polar surface area (TPSA) is 39.1 Å². The smallest absolute Gasteiger partial charge is 0.124 e. The van der Waals surface area contributed by atoms with Gasteiger partial charge in [-0.2, -0.15) is 5.10 Å². The maximum absolute atomic E-state index is 6.16. The van der Waals surface area contributed by atoms with Crippen molar-refractivity contribution in [2.45, 2.75) is 32.9 Å². The second-order valence-corrected chi connectivity index (χ2v) is 5.35. The van der Waals surface area contributed by atoms with Crippen LogP contribution in [-0.2, 0) is 6.54 Å². The van der Waals surface area contributed by atoms with Crippen molar-refractivity contribution < 1.29 is 4.74 Å². The van der Waals surface area contributed by atoms with Crippen molar-refractivity contribution in [2.75, 3.05) is 13.7 Å². The maximum atomic E-state index is 6.16. The molecular formula is C16H22ClN3O. The number of aryl methyl sites for hydroxylation is 1. The molecule has 0 radical (unpaired) electrons. The first-order chi connectivity index (χ1) is 10.2. The minimum atomic E-state index is 0.0225. The number of ether oxygens (including phenoxy) is 1. The van der Waals surface area contributed by atoms with Gasteiger partial charge in [0.2, 0.25) is 0 Å². The molecule has 4 nitrogen and oxygen atoms in total. The first kappa shape index (κ1) is 15.9. The molecule has 1 unspecified atom stereocenters. The number of nitrogens with zero attached hydrogens (tertiary/aromatic N) is 2. The van der Waals surface area contributed by atoms with E-state index in [9.17, 15) is 0 Å². The van der Waals surface area contributed by atoms with Gasteiger partial charge in [0.05, 0.1) is 19.3 Å². The van der Waals surface area contributed by atoms with Gasteiger partial charge in [-0.25, -0.2) is 0 Å². The van der Waals surface area contributed by atoms with Gasteiger partial charge in [-0.05, 0) is 31.2 Å². The summed E-state index contributed by atoms with van der Waals surface area (Å²) >= 11 is 6.16. The molecule has 0 spiro atoms. The van der Waals surface area contributed by atoms with E-state index in [1.807, 2.05) is 29.1 Å². The lowest BCUT2D eigenvalue weighted by molar-refractivity contribution is 0.404. The van der Waals surface area contributed by atoms with Crippen LogP contribution in [0.25, 0.3) is 0 Å². The fraction of sp³-hybridized carbons (Fsp3) is 0.438. The zero-order valence-corrected chi connectivity index (χ0v) is 13.5. The van der Waals surface area contributed by atoms with E-state index in [-0.39, 0.29) is 6.04 Å². The van der Waals surface area contributed by atoms with Crippen LogP contribution < -0.4 is 10.1 Å². The number of rotatable bonds is 7. The van der Waals surface area contributed by atoms with Crippen molar-refractivity contribution in [2.24, 2.45) is 0 Å². The van der Waals surface area contributed by atoms with Crippen molar-refractivity contribution in [1.82, 2.24) is 15.1 Å². The summed E-state index contributed by atoms with van der Waals surface area (Å²) in [6.07, 6.45) is 5.05. The molecule has 2 rings (SSSR count). The molecule has 0 aliphatic rings. The number of hydrogen-bond acceptors (Lipinski definition) is 3. The van der Waals surface area contributed by atoms with Crippen LogP contribution >= 0.6 is 11.6 Å². The molecule has 21 heavy (non-hydrogen) atoms. The first-order valence-electron chi connectivity index (χ1n) is 7.28. The average molecular weight is 308 g/mol. The molecule has 1 aromatic heterocycles. The average Bonchev–Trinajstić information content (AvgIpc) is 2.93. The Bertz CT molecular complexity index is 583. The third-order valence-electron chi connectivity index (χ3n) is 3.35. The second-order valence-electron chi connectivity index (χ2n) is 4.91. The first-order valence-corrected chi connectivity index (χ1v) is 7.66. The molecule has 0 bridgehead atoms. The minimum absolute atomic E-state index is 0.0225. The van der Waals surface area contributed by atoms with E-state index in [2.05, 4.69) is 30.5 Å². The standard InChI is InChI=1S/C16H22ClN3O/c1-4-8-20-11-12(10-19-20)16(18-5-2)14-9-13(17)6-7-15(14)21-3/h6-7,9-11,16,18H,4-5,8H2,1-3H3. The molecule has 114 valence electrons. The van der Waals surface area contributed by atoms with Crippen LogP contribution in [-0.4, -0.2) is 23.4 Å². The quantitative estimate of drug-likeness (QED) is 0.848. The molecule has 0 saturated heterocycles. The number of benzene rings is 1. The summed E-state index contributed by atoms with van der Waals surface area (Å²) < 4.78 is 7.45. The fourth-order valence-electron chi connectivity index (χ4n) is 2.42. The molecule has 0 aliphatic carbocycles. The molecule has 0 fully saturated rings. The van der Waals surface area contributed by atoms with E-state index < -0.39 is 0 Å². The van der Waals surface area contributed by atoms with Gasteiger partial charge in [0.25, 0.3) is 0 Å². The van der Waals surface area contributed by atoms with Gasteiger partial charge in [-0.15, -0.1) is 0 Å². The largest absolute Gasteiger partial charge is 0.496 e. The molecule has 1 atom stereocenters. The lowest BCUT2D eigenvalue weighted by atomic mass is 10.0. The van der Waals surface area contributed by atoms with Gasteiger partial charge in [0, 0.05) is 28.9 Å². The highest BCUT2D eigenvalue weighted by atomic mass is 35.5. The van der Waals surface area contributed by atoms with Crippen LogP contribution in [0.5, 0.6) is 5.75 Å². The van der Waals surface area contributed by atoms with Gasteiger partial charge >= 0.3 is 0 Å². The van der Waals surface area contributed by atoms with Crippen LogP contribution in [0.3, 0.4) is 0 Å². The molecular weight excluding hydrogens is 286 g/mol. The molecule has 2 aromatic rings. The van der Waals surface area contributed by atoms with E-state index in [1.54, 1.807) is 7.11 Å². The summed E-state index contributed by atoms with van der Waals surface area (Å²) in [7, 11) is 1.68. The number of aromatic nitrogens is 2. The molecule has 0 amide bonds.